The number of nitrogens with one attached hydrogen (secondary N) is 1. The molecule has 0 bridgehead atoms. The molecule has 2 heteroatoms. The fourth-order valence-electron chi connectivity index (χ4n) is 2.26. The summed E-state index contributed by atoms with van der Waals surface area (Å²) in [4.78, 5) is 0. The molecule has 0 atom stereocenters. The van der Waals surface area contributed by atoms with E-state index in [0.717, 1.165) is 13.0 Å². The number of fused-ring (bicyclic) bond motifs is 1. The average molecular weight is 288 g/mol. The Kier molecular flexibility index (Phi) is 2.67. The van der Waals surface area contributed by atoms with Crippen molar-refractivity contribution in [2.75, 3.05) is 11.9 Å². The van der Waals surface area contributed by atoms with Crippen LogP contribution in [-0.4, -0.2) is 6.54 Å². The molecule has 17 heavy (non-hydrogen) atoms. The van der Waals surface area contributed by atoms with Crippen LogP contribution in [0.15, 0.2) is 40.9 Å². The normalized spacial score (nSPS) is 13.3. The summed E-state index contributed by atoms with van der Waals surface area (Å²) in [5.74, 6) is 0. The first-order chi connectivity index (χ1) is 8.24. The lowest BCUT2D eigenvalue weighted by Gasteiger charge is -2.07. The molecule has 0 unspecified atom stereocenters. The number of anilines is 1. The van der Waals surface area contributed by atoms with E-state index in [4.69, 9.17) is 0 Å². The Labute approximate surface area is 110 Å². The molecule has 0 radical (unpaired) electrons. The van der Waals surface area contributed by atoms with Crippen LogP contribution in [0.4, 0.5) is 5.69 Å². The van der Waals surface area contributed by atoms with Crippen molar-refractivity contribution in [2.24, 2.45) is 0 Å². The van der Waals surface area contributed by atoms with E-state index >= 15 is 0 Å². The minimum absolute atomic E-state index is 1.07. The zero-order chi connectivity index (χ0) is 11.8. The molecule has 0 aromatic heterocycles. The molecule has 2 aromatic carbocycles. The van der Waals surface area contributed by atoms with Crippen molar-refractivity contribution >= 4 is 21.6 Å². The van der Waals surface area contributed by atoms with E-state index in [2.05, 4.69) is 64.6 Å². The molecule has 0 amide bonds. The van der Waals surface area contributed by atoms with E-state index in [1.165, 1.54) is 32.4 Å². The first-order valence-electron chi connectivity index (χ1n) is 5.87. The number of halogens is 1. The molecule has 1 aliphatic rings. The quantitative estimate of drug-likeness (QED) is 0.820. The molecule has 1 aliphatic heterocycles. The summed E-state index contributed by atoms with van der Waals surface area (Å²) in [6, 6.07) is 13.2. The second-order valence-corrected chi connectivity index (χ2v) is 5.37. The largest absolute Gasteiger partial charge is 0.384 e. The van der Waals surface area contributed by atoms with E-state index in [-0.39, 0.29) is 0 Å². The van der Waals surface area contributed by atoms with Gasteiger partial charge in [0.15, 0.2) is 0 Å². The molecule has 1 nitrogen and oxygen atoms in total. The first kappa shape index (κ1) is 10.8. The van der Waals surface area contributed by atoms with Crippen LogP contribution in [0.25, 0.3) is 11.1 Å². The minimum Gasteiger partial charge on any atom is -0.384 e. The van der Waals surface area contributed by atoms with Crippen LogP contribution in [0.1, 0.15) is 11.1 Å². The van der Waals surface area contributed by atoms with Crippen molar-refractivity contribution in [2.45, 2.75) is 13.3 Å². The summed E-state index contributed by atoms with van der Waals surface area (Å²) in [7, 11) is 0. The van der Waals surface area contributed by atoms with Gasteiger partial charge in [0.05, 0.1) is 0 Å². The molecule has 1 N–H and O–H groups in total. The Morgan fingerprint density at radius 2 is 1.82 bits per heavy atom. The predicted molar refractivity (Wildman–Crippen MR) is 76.5 cm³/mol. The molecular weight excluding hydrogens is 274 g/mol. The van der Waals surface area contributed by atoms with E-state index in [0.29, 0.717) is 0 Å². The van der Waals surface area contributed by atoms with Gasteiger partial charge in [0.25, 0.3) is 0 Å². The number of benzene rings is 2. The summed E-state index contributed by atoms with van der Waals surface area (Å²) in [5.41, 5.74) is 6.57. The van der Waals surface area contributed by atoms with Crippen molar-refractivity contribution < 1.29 is 0 Å². The lowest BCUT2D eigenvalue weighted by atomic mass is 10.0. The van der Waals surface area contributed by atoms with Gasteiger partial charge in [0, 0.05) is 16.7 Å². The molecule has 1 heterocycles. The maximum atomic E-state index is 3.59. The Bertz CT molecular complexity index is 575. The van der Waals surface area contributed by atoms with E-state index in [9.17, 15) is 0 Å². The molecular formula is C15H14BrN. The second-order valence-electron chi connectivity index (χ2n) is 4.51. The Morgan fingerprint density at radius 1 is 1.06 bits per heavy atom. The predicted octanol–water partition coefficient (Wildman–Crippen LogP) is 4.39. The van der Waals surface area contributed by atoms with E-state index in [1.807, 2.05) is 0 Å². The Hall–Kier alpha value is -1.28. The van der Waals surface area contributed by atoms with Gasteiger partial charge in [-0.25, -0.2) is 0 Å². The Morgan fingerprint density at radius 3 is 2.65 bits per heavy atom. The van der Waals surface area contributed by atoms with Gasteiger partial charge in [-0.1, -0.05) is 34.1 Å². The van der Waals surface area contributed by atoms with Crippen molar-refractivity contribution in [1.82, 2.24) is 0 Å². The summed E-state index contributed by atoms with van der Waals surface area (Å²) >= 11 is 3.59. The number of hydrogen-bond acceptors (Lipinski definition) is 1. The summed E-state index contributed by atoms with van der Waals surface area (Å²) in [6.45, 7) is 3.18. The van der Waals surface area contributed by atoms with Crippen LogP contribution in [0.3, 0.4) is 0 Å². The number of rotatable bonds is 1. The third-order valence-corrected chi connectivity index (χ3v) is 4.17. The van der Waals surface area contributed by atoms with Gasteiger partial charge in [-0.2, -0.15) is 0 Å². The van der Waals surface area contributed by atoms with Crippen molar-refractivity contribution in [3.05, 3.63) is 52.0 Å². The zero-order valence-corrected chi connectivity index (χ0v) is 11.3. The van der Waals surface area contributed by atoms with Crippen LogP contribution in [0.2, 0.25) is 0 Å². The van der Waals surface area contributed by atoms with Crippen LogP contribution >= 0.6 is 15.9 Å². The summed E-state index contributed by atoms with van der Waals surface area (Å²) in [5, 5.41) is 3.39. The number of hydrogen-bond donors (Lipinski definition) is 1. The van der Waals surface area contributed by atoms with Gasteiger partial charge in [0.1, 0.15) is 0 Å². The lowest BCUT2D eigenvalue weighted by molar-refractivity contribution is 1.11. The molecule has 0 aliphatic carbocycles. The fraction of sp³-hybridized carbons (Fsp3) is 0.200. The minimum atomic E-state index is 1.07. The molecule has 0 fully saturated rings. The maximum absolute atomic E-state index is 3.59. The SMILES string of the molecule is Cc1ccc(-c2ccc3c(c2)CCN3)cc1Br. The molecule has 0 saturated carbocycles. The topological polar surface area (TPSA) is 12.0 Å². The van der Waals surface area contributed by atoms with Gasteiger partial charge < -0.3 is 5.32 Å². The third-order valence-electron chi connectivity index (χ3n) is 3.32. The van der Waals surface area contributed by atoms with Crippen molar-refractivity contribution in [3.8, 4) is 11.1 Å². The molecule has 0 spiro atoms. The smallest absolute Gasteiger partial charge is 0.0373 e. The fourth-order valence-corrected chi connectivity index (χ4v) is 2.64. The average Bonchev–Trinajstić information content (AvgIpc) is 2.79. The zero-order valence-electron chi connectivity index (χ0n) is 9.76. The first-order valence-corrected chi connectivity index (χ1v) is 6.67. The van der Waals surface area contributed by atoms with Gasteiger partial charge in [0.2, 0.25) is 0 Å². The van der Waals surface area contributed by atoms with Crippen molar-refractivity contribution in [1.29, 1.82) is 0 Å². The molecule has 2 aromatic rings. The van der Waals surface area contributed by atoms with Crippen LogP contribution in [-0.2, 0) is 6.42 Å². The van der Waals surface area contributed by atoms with Gasteiger partial charge in [-0.05, 0) is 53.8 Å². The third kappa shape index (κ3) is 1.98. The highest BCUT2D eigenvalue weighted by atomic mass is 79.9. The highest BCUT2D eigenvalue weighted by Gasteiger charge is 2.10. The van der Waals surface area contributed by atoms with Gasteiger partial charge in [-0.3, -0.25) is 0 Å². The second kappa shape index (κ2) is 4.19. The molecule has 3 rings (SSSR count). The maximum Gasteiger partial charge on any atom is 0.0373 e. The van der Waals surface area contributed by atoms with Crippen LogP contribution < -0.4 is 5.32 Å². The highest BCUT2D eigenvalue weighted by molar-refractivity contribution is 9.10. The van der Waals surface area contributed by atoms with Crippen molar-refractivity contribution in [3.63, 3.8) is 0 Å². The molecule has 0 saturated heterocycles. The lowest BCUT2D eigenvalue weighted by Crippen LogP contribution is -1.90. The summed E-state index contributed by atoms with van der Waals surface area (Å²) in [6.07, 6.45) is 1.14. The number of aryl methyl sites for hydroxylation is 1. The molecule has 86 valence electrons. The van der Waals surface area contributed by atoms with Gasteiger partial charge in [-0.15, -0.1) is 0 Å². The monoisotopic (exact) mass is 287 g/mol. The Balaban J connectivity index is 2.06. The van der Waals surface area contributed by atoms with Crippen LogP contribution in [0, 0.1) is 6.92 Å². The van der Waals surface area contributed by atoms with E-state index < -0.39 is 0 Å². The highest BCUT2D eigenvalue weighted by Crippen LogP contribution is 2.30. The van der Waals surface area contributed by atoms with Gasteiger partial charge >= 0.3 is 0 Å². The summed E-state index contributed by atoms with van der Waals surface area (Å²) < 4.78 is 1.17. The van der Waals surface area contributed by atoms with E-state index in [1.54, 1.807) is 0 Å². The standard InChI is InChI=1S/C15H14BrN/c1-10-2-3-12(9-14(10)16)11-4-5-15-13(8-11)6-7-17-15/h2-5,8-9,17H,6-7H2,1H3. The van der Waals surface area contributed by atoms with Crippen LogP contribution in [0.5, 0.6) is 0 Å².